The number of aliphatic hydroxyl groups is 1. The molecule has 74 valence electrons. The summed E-state index contributed by atoms with van der Waals surface area (Å²) in [7, 11) is 0. The molecule has 1 unspecified atom stereocenters. The molecule has 0 bridgehead atoms. The third-order valence-electron chi connectivity index (χ3n) is 1.51. The number of aryl methyl sites for hydroxylation is 1. The zero-order valence-electron chi connectivity index (χ0n) is 8.06. The van der Waals surface area contributed by atoms with Gasteiger partial charge in [-0.05, 0) is 13.0 Å². The maximum absolute atomic E-state index is 8.85. The van der Waals surface area contributed by atoms with Crippen molar-refractivity contribution in [2.45, 2.75) is 24.3 Å². The van der Waals surface area contributed by atoms with Gasteiger partial charge in [0, 0.05) is 10.9 Å². The molecule has 0 aromatic carbocycles. The van der Waals surface area contributed by atoms with Crippen LogP contribution in [0.3, 0.4) is 0 Å². The van der Waals surface area contributed by atoms with Crippen molar-refractivity contribution in [3.05, 3.63) is 17.5 Å². The summed E-state index contributed by atoms with van der Waals surface area (Å²) in [6.45, 7) is 3.77. The predicted molar refractivity (Wildman–Crippen MR) is 53.9 cm³/mol. The quantitative estimate of drug-likeness (QED) is 0.597. The second-order valence-corrected chi connectivity index (χ2v) is 4.31. The van der Waals surface area contributed by atoms with Gasteiger partial charge in [0.15, 0.2) is 5.16 Å². The lowest BCUT2D eigenvalue weighted by molar-refractivity contribution is 0.300. The Bertz CT molecular complexity index is 362. The van der Waals surface area contributed by atoms with Crippen LogP contribution < -0.4 is 0 Å². The smallest absolute Gasteiger partial charge is 0.189 e. The zero-order valence-corrected chi connectivity index (χ0v) is 8.88. The Balaban J connectivity index is 2.88. The molecule has 0 aliphatic heterocycles. The molecule has 14 heavy (non-hydrogen) atoms. The maximum atomic E-state index is 8.85. The second-order valence-electron chi connectivity index (χ2n) is 2.90. The Hall–Kier alpha value is -1.12. The molecule has 0 fully saturated rings. The highest BCUT2D eigenvalue weighted by Gasteiger charge is 2.07. The summed E-state index contributed by atoms with van der Waals surface area (Å²) < 4.78 is 0. The van der Waals surface area contributed by atoms with Crippen molar-refractivity contribution in [1.29, 1.82) is 5.26 Å². The highest BCUT2D eigenvalue weighted by molar-refractivity contribution is 7.99. The maximum Gasteiger partial charge on any atom is 0.189 e. The summed E-state index contributed by atoms with van der Waals surface area (Å²) in [6, 6.07) is 3.61. The number of thioether (sulfide) groups is 1. The van der Waals surface area contributed by atoms with Crippen LogP contribution in [0.1, 0.15) is 18.3 Å². The number of rotatable bonds is 3. The first-order valence-corrected chi connectivity index (χ1v) is 5.07. The van der Waals surface area contributed by atoms with Crippen LogP contribution >= 0.6 is 11.8 Å². The molecule has 1 N–H and O–H groups in total. The molecular formula is C9H11N3OS. The summed E-state index contributed by atoms with van der Waals surface area (Å²) >= 11 is 1.36. The molecule has 0 amide bonds. The first-order chi connectivity index (χ1) is 6.65. The standard InChI is InChI=1S/C9H11N3OS/c1-6-3-8(4-10)12-9(11-6)14-7(2)5-13/h3,7,13H,5H2,1-2H3. The fourth-order valence-electron chi connectivity index (χ4n) is 0.869. The number of hydrogen-bond acceptors (Lipinski definition) is 5. The summed E-state index contributed by atoms with van der Waals surface area (Å²) in [5.74, 6) is 0. The lowest BCUT2D eigenvalue weighted by atomic mass is 10.4. The fraction of sp³-hybridized carbons (Fsp3) is 0.444. The van der Waals surface area contributed by atoms with Crippen LogP contribution in [0, 0.1) is 18.3 Å². The molecule has 1 atom stereocenters. The van der Waals surface area contributed by atoms with Crippen molar-refractivity contribution in [3.8, 4) is 6.07 Å². The molecule has 1 aromatic heterocycles. The summed E-state index contributed by atoms with van der Waals surface area (Å²) in [4.78, 5) is 8.18. The monoisotopic (exact) mass is 209 g/mol. The van der Waals surface area contributed by atoms with Crippen molar-refractivity contribution in [3.63, 3.8) is 0 Å². The number of nitrogens with zero attached hydrogens (tertiary/aromatic N) is 3. The van der Waals surface area contributed by atoms with Gasteiger partial charge in [-0.1, -0.05) is 18.7 Å². The van der Waals surface area contributed by atoms with Crippen molar-refractivity contribution in [2.24, 2.45) is 0 Å². The summed E-state index contributed by atoms with van der Waals surface area (Å²) in [6.07, 6.45) is 0. The minimum atomic E-state index is 0.0448. The third-order valence-corrected chi connectivity index (χ3v) is 2.46. The van der Waals surface area contributed by atoms with Gasteiger partial charge >= 0.3 is 0 Å². The van der Waals surface area contributed by atoms with E-state index in [-0.39, 0.29) is 11.9 Å². The van der Waals surface area contributed by atoms with E-state index in [0.717, 1.165) is 5.69 Å². The van der Waals surface area contributed by atoms with E-state index in [4.69, 9.17) is 10.4 Å². The zero-order chi connectivity index (χ0) is 10.6. The molecule has 0 aliphatic carbocycles. The first-order valence-electron chi connectivity index (χ1n) is 4.19. The number of aromatic nitrogens is 2. The lowest BCUT2D eigenvalue weighted by Gasteiger charge is -2.06. The lowest BCUT2D eigenvalue weighted by Crippen LogP contribution is -2.04. The average molecular weight is 209 g/mol. The Morgan fingerprint density at radius 2 is 2.36 bits per heavy atom. The van der Waals surface area contributed by atoms with Crippen LogP contribution in [-0.2, 0) is 0 Å². The van der Waals surface area contributed by atoms with Crippen LogP contribution in [0.4, 0.5) is 0 Å². The molecule has 0 saturated carbocycles. The molecule has 0 aliphatic rings. The minimum absolute atomic E-state index is 0.0448. The largest absolute Gasteiger partial charge is 0.395 e. The van der Waals surface area contributed by atoms with Gasteiger partial charge in [0.1, 0.15) is 11.8 Å². The minimum Gasteiger partial charge on any atom is -0.395 e. The van der Waals surface area contributed by atoms with Crippen LogP contribution in [0.15, 0.2) is 11.2 Å². The molecule has 5 heteroatoms. The van der Waals surface area contributed by atoms with Crippen molar-refractivity contribution in [1.82, 2.24) is 9.97 Å². The van der Waals surface area contributed by atoms with Gasteiger partial charge in [0.05, 0.1) is 6.61 Å². The van der Waals surface area contributed by atoms with Gasteiger partial charge < -0.3 is 5.11 Å². The van der Waals surface area contributed by atoms with E-state index in [1.165, 1.54) is 11.8 Å². The normalized spacial score (nSPS) is 12.1. The molecule has 1 heterocycles. The molecule has 0 spiro atoms. The molecule has 4 nitrogen and oxygen atoms in total. The Kier molecular flexibility index (Phi) is 3.86. The fourth-order valence-corrected chi connectivity index (χ4v) is 1.65. The van der Waals surface area contributed by atoms with Crippen molar-refractivity contribution >= 4 is 11.8 Å². The van der Waals surface area contributed by atoms with Gasteiger partial charge in [0.25, 0.3) is 0 Å². The number of nitriles is 1. The van der Waals surface area contributed by atoms with Crippen molar-refractivity contribution in [2.75, 3.05) is 6.61 Å². The highest BCUT2D eigenvalue weighted by Crippen LogP contribution is 2.19. The Morgan fingerprint density at radius 3 is 2.93 bits per heavy atom. The average Bonchev–Trinajstić information content (AvgIpc) is 2.16. The molecular weight excluding hydrogens is 198 g/mol. The van der Waals surface area contributed by atoms with Crippen LogP contribution in [0.5, 0.6) is 0 Å². The summed E-state index contributed by atoms with van der Waals surface area (Å²) in [5.41, 5.74) is 1.13. The van der Waals surface area contributed by atoms with E-state index in [0.29, 0.717) is 10.9 Å². The molecule has 1 aromatic rings. The van der Waals surface area contributed by atoms with Gasteiger partial charge in [0.2, 0.25) is 0 Å². The second kappa shape index (κ2) is 4.94. The molecule has 1 rings (SSSR count). The summed E-state index contributed by atoms with van der Waals surface area (Å²) in [5, 5.41) is 18.1. The third kappa shape index (κ3) is 2.98. The topological polar surface area (TPSA) is 69.8 Å². The van der Waals surface area contributed by atoms with E-state index in [2.05, 4.69) is 9.97 Å². The number of hydrogen-bond donors (Lipinski definition) is 1. The van der Waals surface area contributed by atoms with E-state index in [9.17, 15) is 0 Å². The highest BCUT2D eigenvalue weighted by atomic mass is 32.2. The van der Waals surface area contributed by atoms with E-state index >= 15 is 0 Å². The van der Waals surface area contributed by atoms with Gasteiger partial charge in [-0.25, -0.2) is 9.97 Å². The Morgan fingerprint density at radius 1 is 1.64 bits per heavy atom. The number of aliphatic hydroxyl groups excluding tert-OH is 1. The predicted octanol–water partition coefficient (Wildman–Crippen LogP) is 1.13. The van der Waals surface area contributed by atoms with Crippen LogP contribution in [-0.4, -0.2) is 26.9 Å². The van der Waals surface area contributed by atoms with Gasteiger partial charge in [-0.2, -0.15) is 5.26 Å². The first kappa shape index (κ1) is 11.0. The van der Waals surface area contributed by atoms with E-state index < -0.39 is 0 Å². The van der Waals surface area contributed by atoms with Crippen LogP contribution in [0.25, 0.3) is 0 Å². The van der Waals surface area contributed by atoms with Crippen molar-refractivity contribution < 1.29 is 5.11 Å². The molecule has 0 saturated heterocycles. The van der Waals surface area contributed by atoms with Gasteiger partial charge in [-0.15, -0.1) is 0 Å². The van der Waals surface area contributed by atoms with E-state index in [1.807, 2.05) is 19.9 Å². The Labute approximate surface area is 87.0 Å². The van der Waals surface area contributed by atoms with E-state index in [1.54, 1.807) is 6.07 Å². The van der Waals surface area contributed by atoms with Gasteiger partial charge in [-0.3, -0.25) is 0 Å². The molecule has 0 radical (unpaired) electrons. The van der Waals surface area contributed by atoms with Crippen LogP contribution in [0.2, 0.25) is 0 Å². The SMILES string of the molecule is Cc1cc(C#N)nc(SC(C)CO)n1.